The summed E-state index contributed by atoms with van der Waals surface area (Å²) in [5, 5.41) is 2.37. The predicted molar refractivity (Wildman–Crippen MR) is 117 cm³/mol. The van der Waals surface area contributed by atoms with E-state index in [0.29, 0.717) is 0 Å². The van der Waals surface area contributed by atoms with Crippen LogP contribution in [0.15, 0.2) is 41.5 Å². The Morgan fingerprint density at radius 3 is 2.61 bits per heavy atom. The fourth-order valence-corrected chi connectivity index (χ4v) is 4.47. The van der Waals surface area contributed by atoms with Gasteiger partial charge in [-0.15, -0.1) is 0 Å². The quantitative estimate of drug-likeness (QED) is 0.464. The lowest BCUT2D eigenvalue weighted by Crippen LogP contribution is -2.48. The van der Waals surface area contributed by atoms with Gasteiger partial charge in [0, 0.05) is 30.0 Å². The highest BCUT2D eigenvalue weighted by Crippen LogP contribution is 2.53. The van der Waals surface area contributed by atoms with Crippen LogP contribution in [-0.2, 0) is 10.3 Å². The summed E-state index contributed by atoms with van der Waals surface area (Å²) < 4.78 is 118. The molecule has 1 aromatic carbocycles. The summed E-state index contributed by atoms with van der Waals surface area (Å²) >= 11 is 0. The van der Waals surface area contributed by atoms with E-state index in [4.69, 9.17) is 10.5 Å². The van der Waals surface area contributed by atoms with E-state index < -0.39 is 85.3 Å². The summed E-state index contributed by atoms with van der Waals surface area (Å²) in [4.78, 5) is 20.2. The number of rotatable bonds is 8. The van der Waals surface area contributed by atoms with Crippen molar-refractivity contribution in [1.29, 1.82) is 0 Å². The lowest BCUT2D eigenvalue weighted by atomic mass is 9.76. The fourth-order valence-electron chi connectivity index (χ4n) is 4.47. The number of benzene rings is 1. The van der Waals surface area contributed by atoms with E-state index in [9.17, 15) is 39.9 Å². The van der Waals surface area contributed by atoms with Crippen LogP contribution in [0.1, 0.15) is 28.9 Å². The number of ether oxygens (including phenoxy) is 2. The molecule has 0 saturated heterocycles. The van der Waals surface area contributed by atoms with Crippen molar-refractivity contribution >= 4 is 17.6 Å². The van der Waals surface area contributed by atoms with Crippen molar-refractivity contribution in [3.8, 4) is 5.75 Å². The molecule has 2 heterocycles. The topological polar surface area (TPSA) is 98.8 Å². The maximum absolute atomic E-state index is 14.9. The molecule has 1 amide bonds. The molecule has 1 aliphatic heterocycles. The Morgan fingerprint density at radius 1 is 1.24 bits per heavy atom. The Morgan fingerprint density at radius 2 is 1.97 bits per heavy atom. The van der Waals surface area contributed by atoms with Crippen molar-refractivity contribution in [1.82, 2.24) is 4.98 Å². The van der Waals surface area contributed by atoms with E-state index in [2.05, 4.69) is 20.0 Å². The van der Waals surface area contributed by atoms with Crippen molar-refractivity contribution in [3.63, 3.8) is 0 Å². The molecular weight excluding hydrogens is 532 g/mol. The lowest BCUT2D eigenvalue weighted by molar-refractivity contribution is -0.148. The Labute approximate surface area is 210 Å². The summed E-state index contributed by atoms with van der Waals surface area (Å²) in [7, 11) is 0. The summed E-state index contributed by atoms with van der Waals surface area (Å²) in [6, 6.07) is 4.56. The number of nitrogens with two attached hydrogens (primary N) is 1. The number of nitrogens with one attached hydrogen (secondary N) is 1. The van der Waals surface area contributed by atoms with Crippen molar-refractivity contribution in [2.24, 2.45) is 16.6 Å². The average Bonchev–Trinajstić information content (AvgIpc) is 3.17. The number of amidine groups is 1. The smallest absolute Gasteiger partial charge is 0.340 e. The SMILES string of the molecule is NC1=NC(CF)(c2cc(NC(=O)c3ccc(OCC(F)(F)C(F)F)cn3)ccc2F)C2CC(F)(F)C[C@@H]2O1. The number of aromatic nitrogens is 1. The summed E-state index contributed by atoms with van der Waals surface area (Å²) in [5.74, 6) is -11.0. The van der Waals surface area contributed by atoms with Crippen LogP contribution in [0.25, 0.3) is 0 Å². The first-order valence-corrected chi connectivity index (χ1v) is 11.1. The molecule has 38 heavy (non-hydrogen) atoms. The standard InChI is InChI=1S/C23H20F8N4O3/c24-9-22(14-6-21(28,29)7-17(14)38-20(32)35-22)13-5-11(1-3-15(13)25)34-18(36)16-4-2-12(8-33-16)37-10-23(30,31)19(26)27/h1-5,8,14,17,19H,6-7,9-10H2,(H2,32,35)(H,34,36)/t14?,17-,22?/m0/s1. The number of fused-ring (bicyclic) bond motifs is 1. The second-order valence-corrected chi connectivity index (χ2v) is 8.91. The Hall–Kier alpha value is -3.65. The highest BCUT2D eigenvalue weighted by Gasteiger charge is 2.60. The molecule has 0 bridgehead atoms. The third-order valence-corrected chi connectivity index (χ3v) is 6.28. The van der Waals surface area contributed by atoms with E-state index in [1.807, 2.05) is 0 Å². The summed E-state index contributed by atoms with van der Waals surface area (Å²) in [6.07, 6.45) is -5.86. The van der Waals surface area contributed by atoms with Gasteiger partial charge in [-0.05, 0) is 30.3 Å². The molecule has 2 aliphatic rings. The number of amides is 1. The van der Waals surface area contributed by atoms with Crippen LogP contribution in [0.5, 0.6) is 5.75 Å². The molecule has 1 fully saturated rings. The van der Waals surface area contributed by atoms with Gasteiger partial charge in [-0.25, -0.2) is 36.3 Å². The van der Waals surface area contributed by atoms with Crippen molar-refractivity contribution in [2.75, 3.05) is 18.6 Å². The number of carbonyl (C=O) groups excluding carboxylic acids is 1. The van der Waals surface area contributed by atoms with Crippen LogP contribution >= 0.6 is 0 Å². The number of halogens is 8. The van der Waals surface area contributed by atoms with Crippen LogP contribution in [0.3, 0.4) is 0 Å². The van der Waals surface area contributed by atoms with Crippen LogP contribution in [0.2, 0.25) is 0 Å². The van der Waals surface area contributed by atoms with Gasteiger partial charge in [-0.2, -0.15) is 8.78 Å². The van der Waals surface area contributed by atoms with Crippen LogP contribution in [0.4, 0.5) is 40.8 Å². The monoisotopic (exact) mass is 552 g/mol. The highest BCUT2D eigenvalue weighted by atomic mass is 19.3. The van der Waals surface area contributed by atoms with Gasteiger partial charge in [-0.1, -0.05) is 0 Å². The van der Waals surface area contributed by atoms with E-state index in [0.717, 1.165) is 36.5 Å². The molecular formula is C23H20F8N4O3. The molecule has 1 aliphatic carbocycles. The normalized spacial score (nSPS) is 24.4. The third kappa shape index (κ3) is 5.31. The first kappa shape index (κ1) is 27.4. The minimum absolute atomic E-state index is 0.0699. The average molecular weight is 552 g/mol. The maximum atomic E-state index is 14.9. The zero-order valence-electron chi connectivity index (χ0n) is 19.2. The zero-order chi connectivity index (χ0) is 27.9. The molecule has 1 aromatic heterocycles. The predicted octanol–water partition coefficient (Wildman–Crippen LogP) is 4.68. The van der Waals surface area contributed by atoms with Gasteiger partial charge >= 0.3 is 12.3 Å². The molecule has 3 atom stereocenters. The first-order valence-electron chi connectivity index (χ1n) is 11.1. The van der Waals surface area contributed by atoms with Crippen LogP contribution in [0, 0.1) is 11.7 Å². The van der Waals surface area contributed by atoms with E-state index in [-0.39, 0.29) is 17.1 Å². The van der Waals surface area contributed by atoms with Gasteiger partial charge < -0.3 is 20.5 Å². The van der Waals surface area contributed by atoms with Gasteiger partial charge in [-0.3, -0.25) is 4.79 Å². The molecule has 4 rings (SSSR count). The van der Waals surface area contributed by atoms with Crippen LogP contribution < -0.4 is 15.8 Å². The fraction of sp³-hybridized carbons (Fsp3) is 0.435. The minimum Gasteiger partial charge on any atom is -0.485 e. The van der Waals surface area contributed by atoms with Gasteiger partial charge in [0.05, 0.1) is 6.20 Å². The number of hydrogen-bond donors (Lipinski definition) is 2. The van der Waals surface area contributed by atoms with Crippen molar-refractivity contribution in [3.05, 3.63) is 53.6 Å². The number of carbonyl (C=O) groups is 1. The second kappa shape index (κ2) is 9.91. The molecule has 7 nitrogen and oxygen atoms in total. The lowest BCUT2D eigenvalue weighted by Gasteiger charge is -2.40. The largest absolute Gasteiger partial charge is 0.485 e. The number of aliphatic imine (C=N–C) groups is 1. The number of hydrogen-bond acceptors (Lipinski definition) is 6. The molecule has 1 saturated carbocycles. The van der Waals surface area contributed by atoms with Crippen LogP contribution in [-0.4, -0.2) is 54.6 Å². The Kier molecular flexibility index (Phi) is 7.14. The number of nitrogens with zero attached hydrogens (tertiary/aromatic N) is 2. The number of alkyl halides is 7. The van der Waals surface area contributed by atoms with Gasteiger partial charge in [0.1, 0.15) is 35.6 Å². The zero-order valence-corrected chi connectivity index (χ0v) is 19.2. The molecule has 3 N–H and O–H groups in total. The van der Waals surface area contributed by atoms with E-state index >= 15 is 0 Å². The second-order valence-electron chi connectivity index (χ2n) is 8.91. The third-order valence-electron chi connectivity index (χ3n) is 6.28. The molecule has 2 aromatic rings. The van der Waals surface area contributed by atoms with E-state index in [1.54, 1.807) is 0 Å². The minimum atomic E-state index is -4.39. The highest BCUT2D eigenvalue weighted by molar-refractivity contribution is 6.02. The number of anilines is 1. The first-order chi connectivity index (χ1) is 17.8. The number of pyridine rings is 1. The molecule has 0 spiro atoms. The van der Waals surface area contributed by atoms with Crippen molar-refractivity contribution in [2.45, 2.75) is 42.8 Å². The Balaban J connectivity index is 1.54. The van der Waals surface area contributed by atoms with E-state index in [1.165, 1.54) is 0 Å². The molecule has 206 valence electrons. The Bertz CT molecular complexity index is 1230. The maximum Gasteiger partial charge on any atom is 0.340 e. The van der Waals surface area contributed by atoms with Gasteiger partial charge in [0.2, 0.25) is 0 Å². The van der Waals surface area contributed by atoms with Gasteiger partial charge in [0.25, 0.3) is 17.9 Å². The molecule has 0 radical (unpaired) electrons. The molecule has 2 unspecified atom stereocenters. The van der Waals surface area contributed by atoms with Crippen molar-refractivity contribution < 1.29 is 49.4 Å². The summed E-state index contributed by atoms with van der Waals surface area (Å²) in [5.41, 5.74) is 2.72. The molecule has 15 heteroatoms. The summed E-state index contributed by atoms with van der Waals surface area (Å²) in [6.45, 7) is -2.99. The van der Waals surface area contributed by atoms with Gasteiger partial charge in [0.15, 0.2) is 6.61 Å².